The molecule has 0 radical (unpaired) electrons. The SMILES string of the molecule is C=CCNC(=S)N/N=C/c1ccc(OCc2ccc(Cl)cc2)c(OC)c1. The highest BCUT2D eigenvalue weighted by Crippen LogP contribution is 2.28. The molecule has 2 aromatic carbocycles. The van der Waals surface area contributed by atoms with Crippen molar-refractivity contribution < 1.29 is 9.47 Å². The molecule has 0 amide bonds. The molecule has 0 aromatic heterocycles. The molecule has 0 heterocycles. The summed E-state index contributed by atoms with van der Waals surface area (Å²) in [7, 11) is 1.60. The maximum atomic E-state index is 5.89. The second-order valence-corrected chi connectivity index (χ2v) is 6.04. The smallest absolute Gasteiger partial charge is 0.187 e. The van der Waals surface area contributed by atoms with Crippen LogP contribution in [0, 0.1) is 0 Å². The number of nitrogens with one attached hydrogen (secondary N) is 2. The number of rotatable bonds is 8. The zero-order valence-corrected chi connectivity index (χ0v) is 15.9. The molecule has 5 nitrogen and oxygen atoms in total. The van der Waals surface area contributed by atoms with Crippen LogP contribution in [0.25, 0.3) is 0 Å². The number of ether oxygens (including phenoxy) is 2. The van der Waals surface area contributed by atoms with Crippen LogP contribution in [-0.4, -0.2) is 25.0 Å². The Bertz CT molecular complexity index is 779. The van der Waals surface area contributed by atoms with Gasteiger partial charge in [0.25, 0.3) is 0 Å². The number of hydrogen-bond donors (Lipinski definition) is 2. The molecule has 0 saturated carbocycles. The van der Waals surface area contributed by atoms with Crippen molar-refractivity contribution in [1.29, 1.82) is 0 Å². The molecule has 2 N–H and O–H groups in total. The average molecular weight is 390 g/mol. The Balaban J connectivity index is 1.96. The zero-order valence-electron chi connectivity index (χ0n) is 14.4. The first-order valence-electron chi connectivity index (χ1n) is 7.85. The van der Waals surface area contributed by atoms with Crippen LogP contribution in [-0.2, 0) is 6.61 Å². The second-order valence-electron chi connectivity index (χ2n) is 5.19. The van der Waals surface area contributed by atoms with Crippen molar-refractivity contribution in [2.24, 2.45) is 5.10 Å². The van der Waals surface area contributed by atoms with Gasteiger partial charge in [0.05, 0.1) is 13.3 Å². The van der Waals surface area contributed by atoms with Gasteiger partial charge in [-0.3, -0.25) is 5.43 Å². The zero-order chi connectivity index (χ0) is 18.8. The van der Waals surface area contributed by atoms with Crippen LogP contribution in [0.2, 0.25) is 5.02 Å². The lowest BCUT2D eigenvalue weighted by Crippen LogP contribution is -2.31. The van der Waals surface area contributed by atoms with Gasteiger partial charge in [-0.25, -0.2) is 0 Å². The van der Waals surface area contributed by atoms with Crippen molar-refractivity contribution >= 4 is 35.1 Å². The van der Waals surface area contributed by atoms with E-state index >= 15 is 0 Å². The van der Waals surface area contributed by atoms with E-state index in [1.165, 1.54) is 0 Å². The normalized spacial score (nSPS) is 10.4. The minimum absolute atomic E-state index is 0.422. The van der Waals surface area contributed by atoms with Crippen LogP contribution in [0.3, 0.4) is 0 Å². The van der Waals surface area contributed by atoms with Gasteiger partial charge in [-0.05, 0) is 53.7 Å². The topological polar surface area (TPSA) is 54.9 Å². The van der Waals surface area contributed by atoms with Crippen molar-refractivity contribution in [2.75, 3.05) is 13.7 Å². The predicted molar refractivity (Wildman–Crippen MR) is 110 cm³/mol. The Morgan fingerprint density at radius 3 is 2.69 bits per heavy atom. The number of hydrogen-bond acceptors (Lipinski definition) is 4. The van der Waals surface area contributed by atoms with Gasteiger partial charge in [0.15, 0.2) is 16.6 Å². The van der Waals surface area contributed by atoms with E-state index in [0.29, 0.717) is 34.8 Å². The van der Waals surface area contributed by atoms with Crippen LogP contribution < -0.4 is 20.2 Å². The van der Waals surface area contributed by atoms with Crippen LogP contribution in [0.4, 0.5) is 0 Å². The van der Waals surface area contributed by atoms with Gasteiger partial charge in [-0.1, -0.05) is 29.8 Å². The van der Waals surface area contributed by atoms with Gasteiger partial charge in [0.1, 0.15) is 6.61 Å². The average Bonchev–Trinajstić information content (AvgIpc) is 2.66. The molecule has 0 unspecified atom stereocenters. The molecular weight excluding hydrogens is 370 g/mol. The summed E-state index contributed by atoms with van der Waals surface area (Å²) in [6.07, 6.45) is 3.36. The molecule has 0 saturated heterocycles. The summed E-state index contributed by atoms with van der Waals surface area (Å²) in [6, 6.07) is 13.1. The van der Waals surface area contributed by atoms with E-state index in [9.17, 15) is 0 Å². The number of benzene rings is 2. The van der Waals surface area contributed by atoms with E-state index in [4.69, 9.17) is 33.3 Å². The largest absolute Gasteiger partial charge is 0.493 e. The Hall–Kier alpha value is -2.57. The molecule has 0 atom stereocenters. The summed E-state index contributed by atoms with van der Waals surface area (Å²) in [6.45, 7) is 4.61. The maximum Gasteiger partial charge on any atom is 0.187 e. The molecule has 136 valence electrons. The van der Waals surface area contributed by atoms with E-state index < -0.39 is 0 Å². The maximum absolute atomic E-state index is 5.89. The summed E-state index contributed by atoms with van der Waals surface area (Å²) < 4.78 is 11.2. The van der Waals surface area contributed by atoms with E-state index in [-0.39, 0.29) is 0 Å². The third-order valence-corrected chi connectivity index (χ3v) is 3.77. The first-order chi connectivity index (χ1) is 12.6. The van der Waals surface area contributed by atoms with Gasteiger partial charge in [0.2, 0.25) is 0 Å². The Morgan fingerprint density at radius 2 is 2.00 bits per heavy atom. The van der Waals surface area contributed by atoms with Crippen molar-refractivity contribution in [2.45, 2.75) is 6.61 Å². The van der Waals surface area contributed by atoms with E-state index in [1.54, 1.807) is 19.4 Å². The van der Waals surface area contributed by atoms with Crippen LogP contribution in [0.15, 0.2) is 60.2 Å². The lowest BCUT2D eigenvalue weighted by Gasteiger charge is -2.11. The fourth-order valence-corrected chi connectivity index (χ4v) is 2.26. The molecule has 7 heteroatoms. The monoisotopic (exact) mass is 389 g/mol. The Morgan fingerprint density at radius 1 is 1.23 bits per heavy atom. The number of thiocarbonyl (C=S) groups is 1. The highest BCUT2D eigenvalue weighted by atomic mass is 35.5. The van der Waals surface area contributed by atoms with Crippen molar-refractivity contribution in [3.05, 3.63) is 71.3 Å². The number of methoxy groups -OCH3 is 1. The van der Waals surface area contributed by atoms with E-state index in [2.05, 4.69) is 22.4 Å². The fourth-order valence-electron chi connectivity index (χ4n) is 2.00. The molecule has 2 aromatic rings. The summed E-state index contributed by atoms with van der Waals surface area (Å²) in [5.41, 5.74) is 4.60. The molecule has 2 rings (SSSR count). The lowest BCUT2D eigenvalue weighted by atomic mass is 10.2. The predicted octanol–water partition coefficient (Wildman–Crippen LogP) is 3.91. The second kappa shape index (κ2) is 10.4. The van der Waals surface area contributed by atoms with Gasteiger partial charge < -0.3 is 14.8 Å². The van der Waals surface area contributed by atoms with Crippen molar-refractivity contribution in [3.8, 4) is 11.5 Å². The van der Waals surface area contributed by atoms with Gasteiger partial charge in [-0.2, -0.15) is 5.10 Å². The number of halogens is 1. The summed E-state index contributed by atoms with van der Waals surface area (Å²) in [4.78, 5) is 0. The molecular formula is C19H20ClN3O2S. The molecule has 0 aliphatic rings. The minimum Gasteiger partial charge on any atom is -0.493 e. The van der Waals surface area contributed by atoms with Gasteiger partial charge in [-0.15, -0.1) is 6.58 Å². The third-order valence-electron chi connectivity index (χ3n) is 3.28. The molecule has 26 heavy (non-hydrogen) atoms. The quantitative estimate of drug-likeness (QED) is 0.310. The summed E-state index contributed by atoms with van der Waals surface area (Å²) in [5, 5.41) is 8.12. The first kappa shape index (κ1) is 19.8. The third kappa shape index (κ3) is 6.38. The van der Waals surface area contributed by atoms with Gasteiger partial charge >= 0.3 is 0 Å². The Labute approximate surface area is 163 Å². The molecule has 0 fully saturated rings. The van der Waals surface area contributed by atoms with Crippen molar-refractivity contribution in [1.82, 2.24) is 10.7 Å². The van der Waals surface area contributed by atoms with Crippen LogP contribution in [0.1, 0.15) is 11.1 Å². The standard InChI is InChI=1S/C19H20ClN3O2S/c1-3-10-21-19(26)23-22-12-15-6-9-17(18(11-15)24-2)25-13-14-4-7-16(20)8-5-14/h3-9,11-12H,1,10,13H2,2H3,(H2,21,23,26)/b22-12+. The van der Waals surface area contributed by atoms with Crippen molar-refractivity contribution in [3.63, 3.8) is 0 Å². The summed E-state index contributed by atoms with van der Waals surface area (Å²) >= 11 is 10.9. The lowest BCUT2D eigenvalue weighted by molar-refractivity contribution is 0.284. The molecule has 0 bridgehead atoms. The molecule has 0 aliphatic heterocycles. The number of nitrogens with zero attached hydrogens (tertiary/aromatic N) is 1. The van der Waals surface area contributed by atoms with E-state index in [0.717, 1.165) is 11.1 Å². The van der Waals surface area contributed by atoms with Crippen LogP contribution in [0.5, 0.6) is 11.5 Å². The first-order valence-corrected chi connectivity index (χ1v) is 8.64. The fraction of sp³-hybridized carbons (Fsp3) is 0.158. The molecule has 0 aliphatic carbocycles. The highest BCUT2D eigenvalue weighted by Gasteiger charge is 2.06. The summed E-state index contributed by atoms with van der Waals surface area (Å²) in [5.74, 6) is 1.27. The highest BCUT2D eigenvalue weighted by molar-refractivity contribution is 7.80. The van der Waals surface area contributed by atoms with Gasteiger partial charge in [0, 0.05) is 11.6 Å². The Kier molecular flexibility index (Phi) is 7.92. The molecule has 0 spiro atoms. The van der Waals surface area contributed by atoms with E-state index in [1.807, 2.05) is 42.5 Å². The minimum atomic E-state index is 0.422. The van der Waals surface area contributed by atoms with Crippen LogP contribution >= 0.6 is 23.8 Å². The number of hydrazone groups is 1.